The monoisotopic (exact) mass is 629 g/mol. The number of nitrogens with zero attached hydrogens (tertiary/aromatic N) is 3. The number of hydrogen-bond acceptors (Lipinski definition) is 5. The van der Waals surface area contributed by atoms with Crippen molar-refractivity contribution in [1.82, 2.24) is 20.1 Å². The quantitative estimate of drug-likeness (QED) is 0.290. The zero-order valence-electron chi connectivity index (χ0n) is 24.7. The van der Waals surface area contributed by atoms with Crippen LogP contribution >= 0.6 is 11.6 Å². The fourth-order valence-corrected chi connectivity index (χ4v) is 6.04. The Hall–Kier alpha value is -4.83. The third kappa shape index (κ3) is 7.12. The molecule has 1 saturated heterocycles. The van der Waals surface area contributed by atoms with Gasteiger partial charge in [-0.2, -0.15) is 0 Å². The van der Waals surface area contributed by atoms with Crippen molar-refractivity contribution in [3.05, 3.63) is 113 Å². The van der Waals surface area contributed by atoms with E-state index in [1.165, 1.54) is 21.9 Å². The van der Waals surface area contributed by atoms with Crippen LogP contribution in [0.4, 0.5) is 4.39 Å². The average molecular weight is 630 g/mol. The molecule has 4 amide bonds. The molecule has 5 rings (SSSR count). The zero-order chi connectivity index (χ0) is 32.1. The molecule has 1 fully saturated rings. The van der Waals surface area contributed by atoms with E-state index in [0.717, 1.165) is 28.0 Å². The maximum absolute atomic E-state index is 14.5. The van der Waals surface area contributed by atoms with Crippen LogP contribution < -0.4 is 11.1 Å². The van der Waals surface area contributed by atoms with Gasteiger partial charge in [0.1, 0.15) is 17.9 Å². The number of aromatic nitrogens is 1. The van der Waals surface area contributed by atoms with E-state index < -0.39 is 41.7 Å². The molecule has 3 unspecified atom stereocenters. The third-order valence-corrected chi connectivity index (χ3v) is 8.44. The largest absolute Gasteiger partial charge is 0.368 e. The standard InChI is InChI=1S/C34H33ClFN5O4/c1-21-13-16-40(29(33(37)44)19-24-7-4-6-23-5-2-3-8-26(23)24)34(45)32(25-9-10-28(36)27(35)18-25)41(21)31(43)20-39-30(42)17-22-11-14-38-15-12-22/h2-12,14-15,18,21,29,32H,13,16-17,19-20H2,1H3,(H2,37,44)(H,39,42). The summed E-state index contributed by atoms with van der Waals surface area (Å²) in [6.07, 6.45) is 3.67. The normalized spacial score (nSPS) is 17.5. The number of hydrogen-bond donors (Lipinski definition) is 2. The lowest BCUT2D eigenvalue weighted by atomic mass is 9.96. The highest BCUT2D eigenvalue weighted by atomic mass is 35.5. The van der Waals surface area contributed by atoms with Crippen LogP contribution in [-0.2, 0) is 32.0 Å². The molecule has 0 aliphatic carbocycles. The number of nitrogens with one attached hydrogen (secondary N) is 1. The zero-order valence-corrected chi connectivity index (χ0v) is 25.4. The van der Waals surface area contributed by atoms with Crippen molar-refractivity contribution in [2.24, 2.45) is 5.73 Å². The first kappa shape index (κ1) is 31.6. The number of rotatable bonds is 9. The van der Waals surface area contributed by atoms with Crippen molar-refractivity contribution in [2.45, 2.75) is 44.3 Å². The Morgan fingerprint density at radius 1 is 1.07 bits per heavy atom. The van der Waals surface area contributed by atoms with Gasteiger partial charge in [-0.25, -0.2) is 4.39 Å². The first-order chi connectivity index (χ1) is 21.6. The lowest BCUT2D eigenvalue weighted by Gasteiger charge is -2.36. The second kappa shape index (κ2) is 13.9. The van der Waals surface area contributed by atoms with Crippen LogP contribution in [0.5, 0.6) is 0 Å². The minimum absolute atomic E-state index is 0.0452. The number of halogens is 2. The number of carbonyl (C=O) groups excluding carboxylic acids is 4. The smallest absolute Gasteiger partial charge is 0.250 e. The first-order valence-electron chi connectivity index (χ1n) is 14.6. The molecule has 1 aliphatic rings. The van der Waals surface area contributed by atoms with E-state index in [-0.39, 0.29) is 42.4 Å². The summed E-state index contributed by atoms with van der Waals surface area (Å²) in [5.41, 5.74) is 7.78. The Kier molecular flexibility index (Phi) is 9.73. The summed E-state index contributed by atoms with van der Waals surface area (Å²) in [6, 6.07) is 17.9. The van der Waals surface area contributed by atoms with Crippen molar-refractivity contribution in [1.29, 1.82) is 0 Å². The number of fused-ring (bicyclic) bond motifs is 1. The van der Waals surface area contributed by atoms with E-state index in [4.69, 9.17) is 17.3 Å². The van der Waals surface area contributed by atoms with Gasteiger partial charge in [-0.15, -0.1) is 0 Å². The number of nitrogens with two attached hydrogens (primary N) is 1. The predicted octanol–water partition coefficient (Wildman–Crippen LogP) is 3.97. The van der Waals surface area contributed by atoms with Gasteiger partial charge in [0.15, 0.2) is 0 Å². The second-order valence-corrected chi connectivity index (χ2v) is 11.5. The lowest BCUT2D eigenvalue weighted by Crippen LogP contribution is -2.53. The van der Waals surface area contributed by atoms with Crippen LogP contribution in [0.3, 0.4) is 0 Å². The fraction of sp³-hybridized carbons (Fsp3) is 0.265. The summed E-state index contributed by atoms with van der Waals surface area (Å²) in [7, 11) is 0. The molecule has 2 heterocycles. The topological polar surface area (TPSA) is 126 Å². The van der Waals surface area contributed by atoms with Crippen molar-refractivity contribution in [3.8, 4) is 0 Å². The molecule has 3 aromatic carbocycles. The first-order valence-corrected chi connectivity index (χ1v) is 15.0. The van der Waals surface area contributed by atoms with Gasteiger partial charge >= 0.3 is 0 Å². The second-order valence-electron chi connectivity index (χ2n) is 11.1. The predicted molar refractivity (Wildman–Crippen MR) is 168 cm³/mol. The van der Waals surface area contributed by atoms with Crippen LogP contribution in [0, 0.1) is 5.82 Å². The summed E-state index contributed by atoms with van der Waals surface area (Å²) >= 11 is 6.14. The molecule has 232 valence electrons. The van der Waals surface area contributed by atoms with E-state index in [1.54, 1.807) is 31.5 Å². The highest BCUT2D eigenvalue weighted by Crippen LogP contribution is 2.33. The van der Waals surface area contributed by atoms with Crippen LogP contribution in [0.25, 0.3) is 10.8 Å². The highest BCUT2D eigenvalue weighted by Gasteiger charge is 2.43. The van der Waals surface area contributed by atoms with Gasteiger partial charge in [0.05, 0.1) is 18.0 Å². The van der Waals surface area contributed by atoms with Gasteiger partial charge in [-0.3, -0.25) is 24.2 Å². The number of carbonyl (C=O) groups is 4. The van der Waals surface area contributed by atoms with Crippen LogP contribution in [0.2, 0.25) is 5.02 Å². The van der Waals surface area contributed by atoms with Gasteiger partial charge in [0.2, 0.25) is 17.7 Å². The van der Waals surface area contributed by atoms with E-state index in [0.29, 0.717) is 6.42 Å². The summed E-state index contributed by atoms with van der Waals surface area (Å²) in [5, 5.41) is 4.34. The van der Waals surface area contributed by atoms with Crippen molar-refractivity contribution in [2.75, 3.05) is 13.1 Å². The fourth-order valence-electron chi connectivity index (χ4n) is 5.85. The average Bonchev–Trinajstić information content (AvgIpc) is 3.16. The SMILES string of the molecule is CC1CCN(C(Cc2cccc3ccccc23)C(N)=O)C(=O)C(c2ccc(F)c(Cl)c2)N1C(=O)CNC(=O)Cc1ccncc1. The number of benzene rings is 3. The number of primary amides is 1. The summed E-state index contributed by atoms with van der Waals surface area (Å²) < 4.78 is 14.2. The highest BCUT2D eigenvalue weighted by molar-refractivity contribution is 6.30. The molecule has 1 aromatic heterocycles. The molecule has 1 aliphatic heterocycles. The molecule has 3 atom stereocenters. The van der Waals surface area contributed by atoms with E-state index in [2.05, 4.69) is 10.3 Å². The Morgan fingerprint density at radius 3 is 2.53 bits per heavy atom. The van der Waals surface area contributed by atoms with Gasteiger partial charge in [0, 0.05) is 31.4 Å². The minimum atomic E-state index is -1.25. The van der Waals surface area contributed by atoms with Crippen LogP contribution in [0.1, 0.15) is 36.1 Å². The molecule has 11 heteroatoms. The minimum Gasteiger partial charge on any atom is -0.368 e. The Morgan fingerprint density at radius 2 is 1.80 bits per heavy atom. The molecule has 45 heavy (non-hydrogen) atoms. The van der Waals surface area contributed by atoms with Gasteiger partial charge in [-0.05, 0) is 65.1 Å². The Balaban J connectivity index is 1.46. The Bertz CT molecular complexity index is 1730. The van der Waals surface area contributed by atoms with E-state index >= 15 is 0 Å². The molecule has 3 N–H and O–H groups in total. The molecule has 0 spiro atoms. The summed E-state index contributed by atoms with van der Waals surface area (Å²) in [5.74, 6) is -2.82. The molecular weight excluding hydrogens is 597 g/mol. The number of pyridine rings is 1. The molecule has 4 aromatic rings. The molecule has 0 saturated carbocycles. The van der Waals surface area contributed by atoms with Crippen molar-refractivity contribution < 1.29 is 23.6 Å². The molecule has 9 nitrogen and oxygen atoms in total. The van der Waals surface area contributed by atoms with Gasteiger partial charge < -0.3 is 20.9 Å². The third-order valence-electron chi connectivity index (χ3n) is 8.15. The summed E-state index contributed by atoms with van der Waals surface area (Å²) in [4.78, 5) is 60.6. The Labute approximate surface area is 265 Å². The lowest BCUT2D eigenvalue weighted by molar-refractivity contribution is -0.148. The van der Waals surface area contributed by atoms with E-state index in [9.17, 15) is 23.6 Å². The van der Waals surface area contributed by atoms with Crippen LogP contribution in [0.15, 0.2) is 85.2 Å². The van der Waals surface area contributed by atoms with E-state index in [1.807, 2.05) is 42.5 Å². The maximum atomic E-state index is 14.5. The van der Waals surface area contributed by atoms with Crippen molar-refractivity contribution in [3.63, 3.8) is 0 Å². The molecule has 0 bridgehead atoms. The van der Waals surface area contributed by atoms with Gasteiger partial charge in [-0.1, -0.05) is 60.1 Å². The summed E-state index contributed by atoms with van der Waals surface area (Å²) in [6.45, 7) is 1.56. The maximum Gasteiger partial charge on any atom is 0.250 e. The number of amides is 4. The van der Waals surface area contributed by atoms with Crippen molar-refractivity contribution >= 4 is 46.0 Å². The van der Waals surface area contributed by atoms with Crippen LogP contribution in [-0.4, -0.2) is 63.6 Å². The van der Waals surface area contributed by atoms with Gasteiger partial charge in [0.25, 0.3) is 5.91 Å². The molecule has 0 radical (unpaired) electrons. The molecular formula is C34H33ClFN5O4.